The Morgan fingerprint density at radius 1 is 0.960 bits per heavy atom. The minimum atomic E-state index is 0.220. The van der Waals surface area contributed by atoms with Gasteiger partial charge >= 0.3 is 0 Å². The molecule has 0 N–H and O–H groups in total. The first-order valence-electron chi connectivity index (χ1n) is 9.01. The molecule has 0 aliphatic carbocycles. The molecule has 2 aromatic carbocycles. The van der Waals surface area contributed by atoms with E-state index in [1.54, 1.807) is 11.8 Å². The highest BCUT2D eigenvalue weighted by molar-refractivity contribution is 7.99. The van der Waals surface area contributed by atoms with Crippen LogP contribution >= 0.6 is 11.8 Å². The fourth-order valence-electron chi connectivity index (χ4n) is 3.66. The van der Waals surface area contributed by atoms with Crippen LogP contribution in [-0.4, -0.2) is 47.3 Å². The third kappa shape index (κ3) is 3.79. The van der Waals surface area contributed by atoms with E-state index >= 15 is 0 Å². The molecule has 0 unspecified atom stereocenters. The number of amidine groups is 1. The molecule has 2 aliphatic heterocycles. The van der Waals surface area contributed by atoms with Crippen LogP contribution in [0.1, 0.15) is 29.6 Å². The van der Waals surface area contributed by atoms with Gasteiger partial charge in [-0.05, 0) is 30.7 Å². The van der Waals surface area contributed by atoms with Crippen LogP contribution in [0.3, 0.4) is 0 Å². The smallest absolute Gasteiger partial charge is 0.247 e. The molecule has 2 aliphatic rings. The summed E-state index contributed by atoms with van der Waals surface area (Å²) in [5, 5.41) is 0. The molecule has 0 bridgehead atoms. The van der Waals surface area contributed by atoms with E-state index in [1.807, 2.05) is 30.3 Å². The largest absolute Gasteiger partial charge is 0.290 e. The number of Topliss-reactive ketones (excluding diaryl/α,β-unsaturated/α-hetero) is 1. The zero-order valence-electron chi connectivity index (χ0n) is 14.4. The van der Waals surface area contributed by atoms with E-state index in [2.05, 4.69) is 33.7 Å². The summed E-state index contributed by atoms with van der Waals surface area (Å²) in [4.78, 5) is 17.4. The quantitative estimate of drug-likeness (QED) is 0.602. The lowest BCUT2D eigenvalue weighted by Gasteiger charge is -2.23. The lowest BCUT2D eigenvalue weighted by molar-refractivity contribution is -0.529. The van der Waals surface area contributed by atoms with Crippen LogP contribution in [0.4, 0.5) is 0 Å². The van der Waals surface area contributed by atoms with Gasteiger partial charge in [-0.25, -0.2) is 0 Å². The van der Waals surface area contributed by atoms with Crippen LogP contribution in [0.15, 0.2) is 64.4 Å². The minimum Gasteiger partial charge on any atom is -0.290 e. The van der Waals surface area contributed by atoms with Crippen LogP contribution in [0, 0.1) is 0 Å². The van der Waals surface area contributed by atoms with Crippen molar-refractivity contribution in [2.45, 2.75) is 29.1 Å². The molecule has 0 atom stereocenters. The van der Waals surface area contributed by atoms with Crippen LogP contribution < -0.4 is 0 Å². The summed E-state index contributed by atoms with van der Waals surface area (Å²) < 4.78 is 2.45. The molecule has 4 rings (SSSR count). The fraction of sp³-hybridized carbons (Fsp3) is 0.333. The Labute approximate surface area is 153 Å². The molecular formula is C21H23N2OS+. The number of hydrogen-bond acceptors (Lipinski definition) is 3. The van der Waals surface area contributed by atoms with Gasteiger partial charge in [0.1, 0.15) is 6.54 Å². The third-order valence-corrected chi connectivity index (χ3v) is 5.92. The van der Waals surface area contributed by atoms with E-state index in [1.165, 1.54) is 17.2 Å². The minimum absolute atomic E-state index is 0.220. The molecule has 2 aromatic rings. The summed E-state index contributed by atoms with van der Waals surface area (Å²) in [6.45, 7) is 3.84. The summed E-state index contributed by atoms with van der Waals surface area (Å²) in [5.74, 6) is 1.60. The van der Waals surface area contributed by atoms with Crippen LogP contribution in [0.2, 0.25) is 0 Å². The maximum absolute atomic E-state index is 12.7. The number of nitrogens with zero attached hydrogens (tertiary/aromatic N) is 2. The Hall–Kier alpha value is -2.07. The highest BCUT2D eigenvalue weighted by atomic mass is 32.2. The third-order valence-electron chi connectivity index (χ3n) is 4.90. The Morgan fingerprint density at radius 2 is 1.68 bits per heavy atom. The number of carbonyl (C=O) groups is 1. The lowest BCUT2D eigenvalue weighted by Crippen LogP contribution is -2.43. The van der Waals surface area contributed by atoms with Crippen molar-refractivity contribution >= 4 is 23.4 Å². The maximum Gasteiger partial charge on any atom is 0.247 e. The zero-order valence-corrected chi connectivity index (χ0v) is 15.2. The van der Waals surface area contributed by atoms with Gasteiger partial charge < -0.3 is 0 Å². The van der Waals surface area contributed by atoms with E-state index in [-0.39, 0.29) is 5.78 Å². The van der Waals surface area contributed by atoms with E-state index in [0.717, 1.165) is 42.9 Å². The molecule has 128 valence electrons. The molecule has 3 nitrogen and oxygen atoms in total. The van der Waals surface area contributed by atoms with Gasteiger partial charge in [0.15, 0.2) is 0 Å². The van der Waals surface area contributed by atoms with E-state index in [0.29, 0.717) is 6.54 Å². The second-order valence-electron chi connectivity index (χ2n) is 6.64. The number of ketones is 1. The molecule has 4 heteroatoms. The molecule has 0 radical (unpaired) electrons. The standard InChI is InChI=1S/C21H23N2OS/c24-20(16-23-15-5-14-22-13-4-8-21(22)23)17-9-11-19(12-10-17)25-18-6-2-1-3-7-18/h1-3,6-7,9-12H,4-5,8,13-16H2/q+1. The highest BCUT2D eigenvalue weighted by Crippen LogP contribution is 2.27. The second kappa shape index (κ2) is 7.44. The van der Waals surface area contributed by atoms with Crippen molar-refractivity contribution in [2.24, 2.45) is 0 Å². The molecule has 0 fully saturated rings. The predicted molar refractivity (Wildman–Crippen MR) is 102 cm³/mol. The summed E-state index contributed by atoms with van der Waals surface area (Å²) >= 11 is 1.72. The van der Waals surface area contributed by atoms with E-state index in [4.69, 9.17) is 0 Å². The first kappa shape index (κ1) is 16.4. The highest BCUT2D eigenvalue weighted by Gasteiger charge is 2.32. The second-order valence-corrected chi connectivity index (χ2v) is 7.79. The summed E-state index contributed by atoms with van der Waals surface area (Å²) in [7, 11) is 0. The molecule has 2 heterocycles. The summed E-state index contributed by atoms with van der Waals surface area (Å²) in [5.41, 5.74) is 0.813. The monoisotopic (exact) mass is 351 g/mol. The van der Waals surface area contributed by atoms with Gasteiger partial charge in [0.05, 0.1) is 26.1 Å². The van der Waals surface area contributed by atoms with Gasteiger partial charge in [-0.3, -0.25) is 14.3 Å². The van der Waals surface area contributed by atoms with Crippen LogP contribution in [0.5, 0.6) is 0 Å². The lowest BCUT2D eigenvalue weighted by atomic mass is 10.1. The molecule has 0 saturated heterocycles. The zero-order chi connectivity index (χ0) is 17.1. The first-order chi connectivity index (χ1) is 12.3. The van der Waals surface area contributed by atoms with Gasteiger partial charge in [0.2, 0.25) is 11.6 Å². The van der Waals surface area contributed by atoms with Crippen molar-refractivity contribution in [3.63, 3.8) is 0 Å². The maximum atomic E-state index is 12.7. The Bertz CT molecular complexity index is 783. The first-order valence-corrected chi connectivity index (χ1v) is 9.83. The van der Waals surface area contributed by atoms with Gasteiger partial charge in [0.25, 0.3) is 0 Å². The van der Waals surface area contributed by atoms with Crippen LogP contribution in [0.25, 0.3) is 0 Å². The molecule has 0 amide bonds. The molecule has 0 saturated carbocycles. The molecular weight excluding hydrogens is 328 g/mol. The normalized spacial score (nSPS) is 16.9. The van der Waals surface area contributed by atoms with Crippen molar-refractivity contribution in [3.05, 3.63) is 60.2 Å². The average molecular weight is 351 g/mol. The molecule has 0 spiro atoms. The SMILES string of the molecule is O=C(CN1CCC[N+]2=C1CCC2)c1ccc(Sc2ccccc2)cc1. The summed E-state index contributed by atoms with van der Waals surface area (Å²) in [6.07, 6.45) is 3.51. The Balaban J connectivity index is 1.41. The average Bonchev–Trinajstić information content (AvgIpc) is 3.13. The fourth-order valence-corrected chi connectivity index (χ4v) is 4.50. The number of carbonyl (C=O) groups excluding carboxylic acids is 1. The molecule has 25 heavy (non-hydrogen) atoms. The predicted octanol–water partition coefficient (Wildman–Crippen LogP) is 3.93. The van der Waals surface area contributed by atoms with Crippen LogP contribution in [-0.2, 0) is 0 Å². The van der Waals surface area contributed by atoms with E-state index < -0.39 is 0 Å². The molecule has 0 aromatic heterocycles. The van der Waals surface area contributed by atoms with Crippen molar-refractivity contribution < 1.29 is 9.37 Å². The Morgan fingerprint density at radius 3 is 2.48 bits per heavy atom. The topological polar surface area (TPSA) is 23.3 Å². The van der Waals surface area contributed by atoms with Crippen molar-refractivity contribution in [1.82, 2.24) is 4.90 Å². The van der Waals surface area contributed by atoms with Crippen molar-refractivity contribution in [1.29, 1.82) is 0 Å². The van der Waals surface area contributed by atoms with Gasteiger partial charge in [-0.2, -0.15) is 0 Å². The number of benzene rings is 2. The van der Waals surface area contributed by atoms with E-state index in [9.17, 15) is 4.79 Å². The van der Waals surface area contributed by atoms with Crippen molar-refractivity contribution in [2.75, 3.05) is 26.2 Å². The Kier molecular flexibility index (Phi) is 4.88. The van der Waals surface area contributed by atoms with Gasteiger partial charge in [-0.15, -0.1) is 0 Å². The van der Waals surface area contributed by atoms with Crippen molar-refractivity contribution in [3.8, 4) is 0 Å². The van der Waals surface area contributed by atoms with Gasteiger partial charge in [-0.1, -0.05) is 42.1 Å². The number of rotatable bonds is 5. The summed E-state index contributed by atoms with van der Waals surface area (Å²) in [6, 6.07) is 18.4. The van der Waals surface area contributed by atoms with Gasteiger partial charge in [0, 0.05) is 21.8 Å². The number of hydrogen-bond donors (Lipinski definition) is 0.